The van der Waals surface area contributed by atoms with Gasteiger partial charge in [0.15, 0.2) is 23.0 Å². The zero-order valence-corrected chi connectivity index (χ0v) is 24.4. The molecule has 2 amide bonds. The molecule has 0 aromatic heterocycles. The molecule has 0 spiro atoms. The number of ether oxygens (including phenoxy) is 5. The van der Waals surface area contributed by atoms with E-state index in [2.05, 4.69) is 4.99 Å². The average molecular weight is 578 g/mol. The highest BCUT2D eigenvalue weighted by Crippen LogP contribution is 2.38. The Kier molecular flexibility index (Phi) is 9.97. The van der Waals surface area contributed by atoms with Crippen molar-refractivity contribution in [1.82, 2.24) is 9.80 Å². The van der Waals surface area contributed by atoms with Crippen LogP contribution in [-0.2, 0) is 9.53 Å². The molecule has 5 rings (SSSR count). The average Bonchev–Trinajstić information content (AvgIpc) is 3.46. The fraction of sp³-hybridized carbons (Fsp3) is 0.469. The maximum atomic E-state index is 13.0. The van der Waals surface area contributed by atoms with Crippen molar-refractivity contribution in [3.8, 4) is 23.0 Å². The first-order valence-electron chi connectivity index (χ1n) is 14.6. The normalized spacial score (nSPS) is 18.0. The molecular formula is C32H39N3O7. The van der Waals surface area contributed by atoms with Crippen LogP contribution in [-0.4, -0.2) is 94.2 Å². The summed E-state index contributed by atoms with van der Waals surface area (Å²) in [6.07, 6.45) is 9.78. The van der Waals surface area contributed by atoms with E-state index >= 15 is 0 Å². The molecule has 2 aromatic rings. The number of aliphatic imine (C=N–C) groups is 1. The van der Waals surface area contributed by atoms with Gasteiger partial charge in [0.2, 0.25) is 5.91 Å². The van der Waals surface area contributed by atoms with Crippen molar-refractivity contribution in [2.75, 3.05) is 60.3 Å². The largest absolute Gasteiger partial charge is 0.493 e. The van der Waals surface area contributed by atoms with Crippen LogP contribution in [0.25, 0.3) is 6.08 Å². The number of benzene rings is 2. The number of unbranched alkanes of at least 4 members (excludes halogenated alkanes) is 2. The first-order valence-corrected chi connectivity index (χ1v) is 14.6. The third-order valence-corrected chi connectivity index (χ3v) is 7.69. The van der Waals surface area contributed by atoms with Gasteiger partial charge >= 0.3 is 0 Å². The first kappa shape index (κ1) is 29.4. The van der Waals surface area contributed by atoms with Crippen molar-refractivity contribution >= 4 is 29.8 Å². The Morgan fingerprint density at radius 3 is 2.45 bits per heavy atom. The number of rotatable bonds is 12. The minimum absolute atomic E-state index is 0.00327. The predicted octanol–water partition coefficient (Wildman–Crippen LogP) is 4.52. The minimum Gasteiger partial charge on any atom is -0.493 e. The van der Waals surface area contributed by atoms with Crippen LogP contribution >= 0.6 is 0 Å². The van der Waals surface area contributed by atoms with Crippen LogP contribution in [0.4, 0.5) is 5.69 Å². The second-order valence-electron chi connectivity index (χ2n) is 10.4. The third-order valence-electron chi connectivity index (χ3n) is 7.69. The standard InChI is InChI=1S/C32H39N3O7/c1-38-28-19-23(9-11-31(36)34-13-17-40-18-14-34)8-10-27(28)41-15-4-3-5-16-42-30-21-26-25(20-29(30)39-2)32(37)35-12-6-7-24(35)22-33-26/h8-11,19-22,24H,3-7,12-18H2,1-2H3/b11-9+/t24-/m0/s1. The summed E-state index contributed by atoms with van der Waals surface area (Å²) in [7, 11) is 3.18. The van der Waals surface area contributed by atoms with Gasteiger partial charge in [-0.05, 0) is 61.9 Å². The predicted molar refractivity (Wildman–Crippen MR) is 159 cm³/mol. The second-order valence-corrected chi connectivity index (χ2v) is 10.4. The Bertz CT molecular complexity index is 1320. The molecule has 2 saturated heterocycles. The van der Waals surface area contributed by atoms with Crippen molar-refractivity contribution in [3.63, 3.8) is 0 Å². The lowest BCUT2D eigenvalue weighted by atomic mass is 10.1. The molecule has 224 valence electrons. The molecule has 3 aliphatic heterocycles. The van der Waals surface area contributed by atoms with Crippen molar-refractivity contribution < 1.29 is 33.3 Å². The number of morpholine rings is 1. The number of amides is 2. The Morgan fingerprint density at radius 2 is 1.69 bits per heavy atom. The van der Waals surface area contributed by atoms with Crippen LogP contribution in [0.1, 0.15) is 48.0 Å². The highest BCUT2D eigenvalue weighted by Gasteiger charge is 2.32. The van der Waals surface area contributed by atoms with Gasteiger partial charge in [-0.25, -0.2) is 0 Å². The summed E-state index contributed by atoms with van der Waals surface area (Å²) < 4.78 is 28.4. The Balaban J connectivity index is 1.06. The summed E-state index contributed by atoms with van der Waals surface area (Å²) in [4.78, 5) is 33.7. The van der Waals surface area contributed by atoms with E-state index in [0.717, 1.165) is 44.2 Å². The second kappa shape index (κ2) is 14.2. The molecule has 1 atom stereocenters. The molecule has 10 heteroatoms. The Morgan fingerprint density at radius 1 is 0.952 bits per heavy atom. The molecule has 2 fully saturated rings. The van der Waals surface area contributed by atoms with Gasteiger partial charge in [-0.2, -0.15) is 0 Å². The molecule has 0 N–H and O–H groups in total. The van der Waals surface area contributed by atoms with Crippen molar-refractivity contribution in [2.24, 2.45) is 4.99 Å². The van der Waals surface area contributed by atoms with Gasteiger partial charge in [-0.1, -0.05) is 6.07 Å². The van der Waals surface area contributed by atoms with Crippen LogP contribution in [0.15, 0.2) is 41.4 Å². The van der Waals surface area contributed by atoms with Crippen LogP contribution in [0, 0.1) is 0 Å². The van der Waals surface area contributed by atoms with E-state index in [4.69, 9.17) is 23.7 Å². The van der Waals surface area contributed by atoms with Gasteiger partial charge in [-0.3, -0.25) is 14.6 Å². The number of carbonyl (C=O) groups is 2. The molecule has 42 heavy (non-hydrogen) atoms. The number of hydrogen-bond donors (Lipinski definition) is 0. The van der Waals surface area contributed by atoms with Gasteiger partial charge in [0.1, 0.15) is 0 Å². The highest BCUT2D eigenvalue weighted by atomic mass is 16.5. The zero-order valence-electron chi connectivity index (χ0n) is 24.4. The highest BCUT2D eigenvalue weighted by molar-refractivity contribution is 6.03. The number of nitrogens with zero attached hydrogens (tertiary/aromatic N) is 3. The van der Waals surface area contributed by atoms with Gasteiger partial charge in [0.25, 0.3) is 5.91 Å². The van der Waals surface area contributed by atoms with Crippen molar-refractivity contribution in [2.45, 2.75) is 38.1 Å². The summed E-state index contributed by atoms with van der Waals surface area (Å²) in [5.74, 6) is 2.38. The van der Waals surface area contributed by atoms with E-state index in [1.165, 1.54) is 0 Å². The fourth-order valence-corrected chi connectivity index (χ4v) is 5.33. The molecule has 0 aliphatic carbocycles. The molecule has 3 aliphatic rings. The molecule has 0 unspecified atom stereocenters. The van der Waals surface area contributed by atoms with Gasteiger partial charge in [0.05, 0.1) is 57.9 Å². The first-order chi connectivity index (χ1) is 20.6. The molecule has 0 radical (unpaired) electrons. The summed E-state index contributed by atoms with van der Waals surface area (Å²) in [5, 5.41) is 0. The van der Waals surface area contributed by atoms with Gasteiger partial charge in [-0.15, -0.1) is 0 Å². The van der Waals surface area contributed by atoms with Crippen molar-refractivity contribution in [1.29, 1.82) is 0 Å². The Labute approximate surface area is 246 Å². The lowest BCUT2D eigenvalue weighted by Crippen LogP contribution is -2.39. The molecule has 3 heterocycles. The monoisotopic (exact) mass is 577 g/mol. The maximum Gasteiger partial charge on any atom is 0.256 e. The van der Waals surface area contributed by atoms with Crippen LogP contribution < -0.4 is 18.9 Å². The third kappa shape index (κ3) is 7.05. The van der Waals surface area contributed by atoms with Gasteiger partial charge in [0, 0.05) is 38.0 Å². The Hall–Kier alpha value is -4.05. The summed E-state index contributed by atoms with van der Waals surface area (Å²) in [6, 6.07) is 9.25. The smallest absolute Gasteiger partial charge is 0.256 e. The summed E-state index contributed by atoms with van der Waals surface area (Å²) in [6.45, 7) is 4.19. The number of fused-ring (bicyclic) bond motifs is 2. The molecule has 0 saturated carbocycles. The van der Waals surface area contributed by atoms with Crippen LogP contribution in [0.2, 0.25) is 0 Å². The quantitative estimate of drug-likeness (QED) is 0.270. The van der Waals surface area contributed by atoms with E-state index in [1.54, 1.807) is 43.4 Å². The number of hydrogen-bond acceptors (Lipinski definition) is 8. The molecular weight excluding hydrogens is 538 g/mol. The molecule has 2 aromatic carbocycles. The fourth-order valence-electron chi connectivity index (χ4n) is 5.33. The van der Waals surface area contributed by atoms with E-state index in [9.17, 15) is 9.59 Å². The molecule has 10 nitrogen and oxygen atoms in total. The lowest BCUT2D eigenvalue weighted by Gasteiger charge is -2.25. The van der Waals surface area contributed by atoms with Crippen LogP contribution in [0.3, 0.4) is 0 Å². The van der Waals surface area contributed by atoms with E-state index in [1.807, 2.05) is 29.3 Å². The maximum absolute atomic E-state index is 13.0. The zero-order chi connectivity index (χ0) is 29.3. The number of carbonyl (C=O) groups excluding carboxylic acids is 2. The summed E-state index contributed by atoms with van der Waals surface area (Å²) >= 11 is 0. The summed E-state index contributed by atoms with van der Waals surface area (Å²) in [5.41, 5.74) is 2.04. The SMILES string of the molecule is COc1cc(/C=C/C(=O)N2CCOCC2)ccc1OCCCCCOc1cc2c(cc1OC)C(=O)N1CCC[C@H]1C=N2. The number of methoxy groups -OCH3 is 2. The van der Waals surface area contributed by atoms with E-state index < -0.39 is 0 Å². The van der Waals surface area contributed by atoms with Gasteiger partial charge < -0.3 is 33.5 Å². The van der Waals surface area contributed by atoms with E-state index in [-0.39, 0.29) is 17.9 Å². The van der Waals surface area contributed by atoms with E-state index in [0.29, 0.717) is 73.8 Å². The van der Waals surface area contributed by atoms with Crippen molar-refractivity contribution in [3.05, 3.63) is 47.5 Å². The minimum atomic E-state index is -0.0222. The van der Waals surface area contributed by atoms with Crippen LogP contribution in [0.5, 0.6) is 23.0 Å². The lowest BCUT2D eigenvalue weighted by molar-refractivity contribution is -0.129. The topological polar surface area (TPSA) is 99.1 Å². The molecule has 0 bridgehead atoms.